The van der Waals surface area contributed by atoms with Crippen molar-refractivity contribution in [2.75, 3.05) is 5.73 Å². The summed E-state index contributed by atoms with van der Waals surface area (Å²) in [5.41, 5.74) is 6.89. The lowest BCUT2D eigenvalue weighted by molar-refractivity contribution is 0.0697. The van der Waals surface area contributed by atoms with Crippen molar-refractivity contribution in [3.8, 4) is 0 Å². The number of aromatic carboxylic acids is 1. The van der Waals surface area contributed by atoms with Crippen molar-refractivity contribution in [3.05, 3.63) is 70.6 Å². The highest BCUT2D eigenvalue weighted by molar-refractivity contribution is 7.18. The van der Waals surface area contributed by atoms with Gasteiger partial charge in [0.15, 0.2) is 5.78 Å². The number of aryl methyl sites for hydroxylation is 1. The molecule has 1 aliphatic rings. The molecule has 1 aromatic carbocycles. The number of imidazole rings is 1. The molecule has 0 amide bonds. The van der Waals surface area contributed by atoms with E-state index in [0.29, 0.717) is 36.2 Å². The quantitative estimate of drug-likeness (QED) is 0.706. The number of nitrogens with two attached hydrogens (primary N) is 1. The third-order valence-electron chi connectivity index (χ3n) is 5.37. The average molecular weight is 381 g/mol. The standard InChI is InChI=1S/C20H19N3O3S/c21-18-15(19(25)26)14-6-7-20(17(24)16(14)27-18,13-4-2-1-3-5-13)8-10-23-11-9-22-12-23/h1-5,9,11-12H,6-8,10,21H2,(H,25,26). The van der Waals surface area contributed by atoms with Gasteiger partial charge in [-0.05, 0) is 30.4 Å². The van der Waals surface area contributed by atoms with Gasteiger partial charge >= 0.3 is 5.97 Å². The number of benzene rings is 1. The molecule has 4 rings (SSSR count). The Hall–Kier alpha value is -2.93. The first kappa shape index (κ1) is 17.5. The van der Waals surface area contributed by atoms with Crippen LogP contribution in [0.3, 0.4) is 0 Å². The van der Waals surface area contributed by atoms with Crippen molar-refractivity contribution in [2.45, 2.75) is 31.2 Å². The second-order valence-electron chi connectivity index (χ2n) is 6.78. The number of aromatic nitrogens is 2. The van der Waals surface area contributed by atoms with Crippen molar-refractivity contribution in [1.29, 1.82) is 0 Å². The van der Waals surface area contributed by atoms with E-state index in [1.165, 1.54) is 0 Å². The highest BCUT2D eigenvalue weighted by Gasteiger charge is 2.46. The number of anilines is 1. The topological polar surface area (TPSA) is 98.2 Å². The summed E-state index contributed by atoms with van der Waals surface area (Å²) in [6, 6.07) is 9.75. The van der Waals surface area contributed by atoms with Gasteiger partial charge in [0, 0.05) is 18.9 Å². The number of carbonyl (C=O) groups is 2. The zero-order valence-corrected chi connectivity index (χ0v) is 15.4. The summed E-state index contributed by atoms with van der Waals surface area (Å²) in [5, 5.41) is 9.69. The van der Waals surface area contributed by atoms with Gasteiger partial charge in [-0.25, -0.2) is 9.78 Å². The van der Waals surface area contributed by atoms with Crippen molar-refractivity contribution in [3.63, 3.8) is 0 Å². The first-order chi connectivity index (χ1) is 13.0. The fourth-order valence-electron chi connectivity index (χ4n) is 3.96. The van der Waals surface area contributed by atoms with Gasteiger partial charge in [-0.1, -0.05) is 30.3 Å². The number of carboxylic acids is 1. The van der Waals surface area contributed by atoms with E-state index in [2.05, 4.69) is 4.98 Å². The van der Waals surface area contributed by atoms with Gasteiger partial charge < -0.3 is 15.4 Å². The van der Waals surface area contributed by atoms with Crippen LogP contribution in [0, 0.1) is 0 Å². The largest absolute Gasteiger partial charge is 0.478 e. The Morgan fingerprint density at radius 2 is 2.11 bits per heavy atom. The summed E-state index contributed by atoms with van der Waals surface area (Å²) in [6.45, 7) is 0.655. The molecule has 1 unspecified atom stereocenters. The normalized spacial score (nSPS) is 19.0. The van der Waals surface area contributed by atoms with E-state index in [9.17, 15) is 14.7 Å². The molecule has 2 aromatic heterocycles. The molecule has 3 aromatic rings. The molecule has 0 bridgehead atoms. The molecule has 6 nitrogen and oxygen atoms in total. The van der Waals surface area contributed by atoms with Crippen molar-refractivity contribution < 1.29 is 14.7 Å². The van der Waals surface area contributed by atoms with Gasteiger partial charge in [0.2, 0.25) is 0 Å². The minimum atomic E-state index is -1.07. The van der Waals surface area contributed by atoms with Crippen LogP contribution in [-0.2, 0) is 18.4 Å². The van der Waals surface area contributed by atoms with E-state index in [0.717, 1.165) is 16.9 Å². The van der Waals surface area contributed by atoms with Gasteiger partial charge in [0.25, 0.3) is 0 Å². The lowest BCUT2D eigenvalue weighted by Crippen LogP contribution is -2.40. The number of carbonyl (C=O) groups excluding carboxylic acids is 1. The summed E-state index contributed by atoms with van der Waals surface area (Å²) in [7, 11) is 0. The van der Waals surface area contributed by atoms with Crippen LogP contribution >= 0.6 is 11.3 Å². The number of rotatable bonds is 5. The van der Waals surface area contributed by atoms with Crippen molar-refractivity contribution in [2.24, 2.45) is 0 Å². The number of carboxylic acid groups (broad SMARTS) is 1. The van der Waals surface area contributed by atoms with E-state index in [1.54, 1.807) is 12.5 Å². The van der Waals surface area contributed by atoms with Crippen LogP contribution in [0.5, 0.6) is 0 Å². The van der Waals surface area contributed by atoms with Crippen LogP contribution in [0.4, 0.5) is 5.00 Å². The second kappa shape index (κ2) is 6.66. The maximum atomic E-state index is 13.6. The SMILES string of the molecule is Nc1sc2c(c1C(=O)O)CCC(CCn1ccnc1)(c1ccccc1)C2=O. The molecule has 0 fully saturated rings. The van der Waals surface area contributed by atoms with E-state index < -0.39 is 11.4 Å². The molecular weight excluding hydrogens is 362 g/mol. The fraction of sp³-hybridized carbons (Fsp3) is 0.250. The number of Topliss-reactive ketones (excluding diaryl/α,β-unsaturated/α-hetero) is 1. The third-order valence-corrected chi connectivity index (χ3v) is 6.43. The second-order valence-corrected chi connectivity index (χ2v) is 7.83. The Bertz CT molecular complexity index is 995. The van der Waals surface area contributed by atoms with Gasteiger partial charge in [0.05, 0.1) is 22.2 Å². The zero-order valence-electron chi connectivity index (χ0n) is 14.6. The molecule has 0 aliphatic heterocycles. The zero-order chi connectivity index (χ0) is 19.0. The molecule has 0 saturated heterocycles. The highest BCUT2D eigenvalue weighted by atomic mass is 32.1. The van der Waals surface area contributed by atoms with Crippen LogP contribution in [-0.4, -0.2) is 26.4 Å². The molecule has 3 N–H and O–H groups in total. The summed E-state index contributed by atoms with van der Waals surface area (Å²) in [4.78, 5) is 29.8. The molecular formula is C20H19N3O3S. The number of nitrogen functional groups attached to an aromatic ring is 1. The van der Waals surface area contributed by atoms with E-state index in [-0.39, 0.29) is 16.3 Å². The molecule has 1 aliphatic carbocycles. The van der Waals surface area contributed by atoms with Gasteiger partial charge in [-0.15, -0.1) is 11.3 Å². The van der Waals surface area contributed by atoms with Crippen molar-refractivity contribution >= 4 is 28.1 Å². The fourth-order valence-corrected chi connectivity index (χ4v) is 5.11. The highest BCUT2D eigenvalue weighted by Crippen LogP contribution is 2.46. The lowest BCUT2D eigenvalue weighted by atomic mass is 9.66. The summed E-state index contributed by atoms with van der Waals surface area (Å²) in [6.07, 6.45) is 7.04. The Balaban J connectivity index is 1.79. The number of thiophene rings is 1. The summed E-state index contributed by atoms with van der Waals surface area (Å²) < 4.78 is 1.96. The molecule has 0 spiro atoms. The van der Waals surface area contributed by atoms with E-state index >= 15 is 0 Å². The van der Waals surface area contributed by atoms with Gasteiger partial charge in [0.1, 0.15) is 5.00 Å². The Morgan fingerprint density at radius 1 is 1.33 bits per heavy atom. The predicted octanol–water partition coefficient (Wildman–Crippen LogP) is 3.38. The third kappa shape index (κ3) is 2.84. The Kier molecular flexibility index (Phi) is 4.31. The predicted molar refractivity (Wildman–Crippen MR) is 103 cm³/mol. The molecule has 138 valence electrons. The molecule has 0 saturated carbocycles. The molecule has 0 radical (unpaired) electrons. The smallest absolute Gasteiger partial charge is 0.338 e. The van der Waals surface area contributed by atoms with Crippen LogP contribution in [0.15, 0.2) is 49.1 Å². The van der Waals surface area contributed by atoms with E-state index in [1.807, 2.05) is 41.1 Å². The van der Waals surface area contributed by atoms with Crippen LogP contribution in [0.1, 0.15) is 44.0 Å². The van der Waals surface area contributed by atoms with Crippen LogP contribution in [0.25, 0.3) is 0 Å². The number of ketones is 1. The first-order valence-electron chi connectivity index (χ1n) is 8.73. The Morgan fingerprint density at radius 3 is 2.78 bits per heavy atom. The van der Waals surface area contributed by atoms with E-state index in [4.69, 9.17) is 5.73 Å². The Labute approximate surface area is 160 Å². The summed E-state index contributed by atoms with van der Waals surface area (Å²) >= 11 is 1.10. The summed E-state index contributed by atoms with van der Waals surface area (Å²) in [5.74, 6) is -1.09. The average Bonchev–Trinajstić information content (AvgIpc) is 3.29. The number of nitrogens with zero attached hydrogens (tertiary/aromatic N) is 2. The molecule has 7 heteroatoms. The maximum absolute atomic E-state index is 13.6. The lowest BCUT2D eigenvalue weighted by Gasteiger charge is -2.36. The number of fused-ring (bicyclic) bond motifs is 1. The molecule has 2 heterocycles. The minimum Gasteiger partial charge on any atom is -0.478 e. The van der Waals surface area contributed by atoms with Crippen LogP contribution in [0.2, 0.25) is 0 Å². The van der Waals surface area contributed by atoms with Crippen molar-refractivity contribution in [1.82, 2.24) is 9.55 Å². The first-order valence-corrected chi connectivity index (χ1v) is 9.55. The maximum Gasteiger partial charge on any atom is 0.338 e. The monoisotopic (exact) mass is 381 g/mol. The van der Waals surface area contributed by atoms with Gasteiger partial charge in [-0.3, -0.25) is 4.79 Å². The minimum absolute atomic E-state index is 0.0285. The number of hydrogen-bond donors (Lipinski definition) is 2. The molecule has 1 atom stereocenters. The molecule has 27 heavy (non-hydrogen) atoms. The van der Waals surface area contributed by atoms with Crippen LogP contribution < -0.4 is 5.73 Å². The number of hydrogen-bond acceptors (Lipinski definition) is 5. The van der Waals surface area contributed by atoms with Gasteiger partial charge in [-0.2, -0.15) is 0 Å².